The Labute approximate surface area is 355 Å². The summed E-state index contributed by atoms with van der Waals surface area (Å²) in [4.78, 5) is 60.3. The van der Waals surface area contributed by atoms with Crippen LogP contribution in [0.4, 0.5) is 0 Å². The van der Waals surface area contributed by atoms with Crippen LogP contribution >= 0.6 is 34.8 Å². The van der Waals surface area contributed by atoms with Crippen LogP contribution in [0.1, 0.15) is 87.6 Å². The van der Waals surface area contributed by atoms with Crippen LogP contribution < -0.4 is 5.56 Å². The van der Waals surface area contributed by atoms with Crippen LogP contribution in [0.5, 0.6) is 0 Å². The Morgan fingerprint density at radius 1 is 0.700 bits per heavy atom. The lowest BCUT2D eigenvalue weighted by Gasteiger charge is -2.23. The normalized spacial score (nSPS) is 20.2. The molecule has 10 rings (SSSR count). The van der Waals surface area contributed by atoms with E-state index in [-0.39, 0.29) is 72.1 Å². The summed E-state index contributed by atoms with van der Waals surface area (Å²) in [5.41, 5.74) is 3.33. The van der Waals surface area contributed by atoms with E-state index in [0.29, 0.717) is 63.9 Å². The average molecular weight is 875 g/mol. The van der Waals surface area contributed by atoms with Gasteiger partial charge in [0.15, 0.2) is 22.8 Å². The summed E-state index contributed by atoms with van der Waals surface area (Å²) in [7, 11) is 3.44. The number of halogens is 3. The van der Waals surface area contributed by atoms with E-state index in [9.17, 15) is 14.4 Å². The molecule has 3 aliphatic rings. The highest BCUT2D eigenvalue weighted by atomic mass is 35.5. The number of hydrogen-bond acceptors (Lipinski definition) is 14. The zero-order chi connectivity index (χ0) is 41.7. The maximum Gasteiger partial charge on any atom is 0.281 e. The molecule has 3 aliphatic heterocycles. The van der Waals surface area contributed by atoms with Gasteiger partial charge in [0.25, 0.3) is 11.5 Å². The first-order valence-electron chi connectivity index (χ1n) is 18.8. The third-order valence-corrected chi connectivity index (χ3v) is 11.4. The molecule has 0 unspecified atom stereocenters. The third-order valence-electron chi connectivity index (χ3n) is 10.6. The SMILES string of the molecule is Cn1cnc2c1C(=O)N(Cc1nc([C@@H]3CO[C@@H](c4ccc(Cl)cc4)C3)no1)C(=O)C2.Cn1cnc2nc(Cl)n(Cc3nc([C@@H]4CO[C@@H](c5ccc(Cl)cc5)C4)no3)c(=O)c21. The molecule has 0 spiro atoms. The highest BCUT2D eigenvalue weighted by Crippen LogP contribution is 2.38. The minimum Gasteiger partial charge on any atom is -0.373 e. The minimum absolute atomic E-state index is 0.00643. The van der Waals surface area contributed by atoms with Gasteiger partial charge in [-0.05, 0) is 59.8 Å². The molecule has 0 N–H and O–H groups in total. The molecule has 18 nitrogen and oxygen atoms in total. The van der Waals surface area contributed by atoms with E-state index in [2.05, 4.69) is 35.2 Å². The molecule has 2 saturated heterocycles. The molecule has 21 heteroatoms. The standard InChI is InChI=1S/C20H18ClN5O4.C19H16Cl2N6O3/c1-25-10-22-14-7-17(27)26(20(28)18(14)25)8-16-23-19(24-30-16)12-6-15(29-9-12)11-2-4-13(21)5-3-11;1-26-9-22-17-15(26)18(28)27(19(21)24-17)7-14-23-16(25-30-14)11-6-13(29-8-11)10-2-4-12(20)5-3-10/h2-5,10,12,15H,6-9H2,1H3;2-5,9,11,13H,6-8H2,1H3/t12-,15+;11-,13+/m00/s1. The molecular formula is C39H34Cl3N11O7. The summed E-state index contributed by atoms with van der Waals surface area (Å²) >= 11 is 18.1. The fourth-order valence-electron chi connectivity index (χ4n) is 7.46. The first-order chi connectivity index (χ1) is 29.0. The Morgan fingerprint density at radius 3 is 1.83 bits per heavy atom. The van der Waals surface area contributed by atoms with Crippen molar-refractivity contribution in [3.05, 3.63) is 133 Å². The molecular weight excluding hydrogens is 841 g/mol. The van der Waals surface area contributed by atoms with E-state index >= 15 is 0 Å². The van der Waals surface area contributed by atoms with E-state index in [0.717, 1.165) is 22.4 Å². The molecule has 2 fully saturated rings. The van der Waals surface area contributed by atoms with Gasteiger partial charge in [0.2, 0.25) is 23.0 Å². The van der Waals surface area contributed by atoms with Crippen molar-refractivity contribution in [3.8, 4) is 0 Å². The first kappa shape index (κ1) is 39.7. The number of fused-ring (bicyclic) bond motifs is 2. The average Bonchev–Trinajstić information content (AvgIpc) is 4.10. The van der Waals surface area contributed by atoms with Crippen LogP contribution in [0.15, 0.2) is 75.0 Å². The molecule has 0 aliphatic carbocycles. The van der Waals surface area contributed by atoms with Crippen LogP contribution in [-0.2, 0) is 47.9 Å². The number of hydrogen-bond donors (Lipinski definition) is 0. The molecule has 2 amide bonds. The fourth-order valence-corrected chi connectivity index (χ4v) is 7.93. The van der Waals surface area contributed by atoms with Crippen molar-refractivity contribution in [2.45, 2.75) is 56.4 Å². The van der Waals surface area contributed by atoms with E-state index in [1.165, 1.54) is 17.2 Å². The molecule has 308 valence electrons. The summed E-state index contributed by atoms with van der Waals surface area (Å²) in [6, 6.07) is 15.1. The van der Waals surface area contributed by atoms with Gasteiger partial charge in [-0.25, -0.2) is 9.97 Å². The molecule has 8 heterocycles. The lowest BCUT2D eigenvalue weighted by atomic mass is 10.0. The number of amides is 2. The molecule has 0 saturated carbocycles. The smallest absolute Gasteiger partial charge is 0.281 e. The van der Waals surface area contributed by atoms with Crippen LogP contribution in [0.25, 0.3) is 11.2 Å². The van der Waals surface area contributed by atoms with Crippen LogP contribution in [-0.4, -0.2) is 78.9 Å². The van der Waals surface area contributed by atoms with E-state index in [4.69, 9.17) is 53.3 Å². The fraction of sp³-hybridized carbons (Fsp3) is 0.333. The molecule has 0 radical (unpaired) electrons. The summed E-state index contributed by atoms with van der Waals surface area (Å²) in [5.74, 6) is 0.762. The van der Waals surface area contributed by atoms with Gasteiger partial charge in [0, 0.05) is 36.0 Å². The van der Waals surface area contributed by atoms with Crippen LogP contribution in [0, 0.1) is 0 Å². The lowest BCUT2D eigenvalue weighted by Crippen LogP contribution is -2.42. The van der Waals surface area contributed by atoms with Gasteiger partial charge in [-0.15, -0.1) is 0 Å². The number of aryl methyl sites for hydroxylation is 2. The maximum absolute atomic E-state index is 12.8. The summed E-state index contributed by atoms with van der Waals surface area (Å²) in [6.07, 6.45) is 4.43. The molecule has 4 atom stereocenters. The van der Waals surface area contributed by atoms with Gasteiger partial charge < -0.3 is 27.7 Å². The van der Waals surface area contributed by atoms with Crippen molar-refractivity contribution >= 4 is 57.8 Å². The number of nitrogens with zero attached hydrogens (tertiary/aromatic N) is 11. The highest BCUT2D eigenvalue weighted by molar-refractivity contribution is 6.30. The quantitative estimate of drug-likeness (QED) is 0.136. The van der Waals surface area contributed by atoms with Crippen LogP contribution in [0.3, 0.4) is 0 Å². The summed E-state index contributed by atoms with van der Waals surface area (Å²) in [5, 5.41) is 9.51. The lowest BCUT2D eigenvalue weighted by molar-refractivity contribution is -0.129. The Morgan fingerprint density at radius 2 is 1.25 bits per heavy atom. The summed E-state index contributed by atoms with van der Waals surface area (Å²) in [6.45, 7) is 0.901. The highest BCUT2D eigenvalue weighted by Gasteiger charge is 2.37. The predicted octanol–water partition coefficient (Wildman–Crippen LogP) is 5.54. The Hall–Kier alpha value is -5.79. The maximum atomic E-state index is 12.8. The Balaban J connectivity index is 0.000000154. The number of carbonyl (C=O) groups is 2. The monoisotopic (exact) mass is 873 g/mol. The predicted molar refractivity (Wildman–Crippen MR) is 212 cm³/mol. The Bertz CT molecular complexity index is 2780. The number of carbonyl (C=O) groups excluding carboxylic acids is 2. The molecule has 5 aromatic heterocycles. The van der Waals surface area contributed by atoms with Gasteiger partial charge in [-0.2, -0.15) is 15.0 Å². The molecule has 60 heavy (non-hydrogen) atoms. The van der Waals surface area contributed by atoms with Gasteiger partial charge in [0.1, 0.15) is 18.8 Å². The topological polar surface area (TPSA) is 204 Å². The zero-order valence-corrected chi connectivity index (χ0v) is 34.2. The minimum atomic E-state index is -0.409. The van der Waals surface area contributed by atoms with Crippen molar-refractivity contribution in [2.24, 2.45) is 14.1 Å². The van der Waals surface area contributed by atoms with E-state index in [1.54, 1.807) is 23.2 Å². The van der Waals surface area contributed by atoms with Crippen molar-refractivity contribution in [2.75, 3.05) is 13.2 Å². The van der Waals surface area contributed by atoms with E-state index < -0.39 is 5.91 Å². The second-order valence-electron chi connectivity index (χ2n) is 14.6. The second-order valence-corrected chi connectivity index (χ2v) is 15.8. The van der Waals surface area contributed by atoms with Crippen LogP contribution in [0.2, 0.25) is 15.3 Å². The number of rotatable bonds is 8. The molecule has 2 aromatic carbocycles. The number of imide groups is 1. The van der Waals surface area contributed by atoms with Gasteiger partial charge in [-0.3, -0.25) is 23.9 Å². The van der Waals surface area contributed by atoms with Gasteiger partial charge in [0.05, 0.1) is 50.2 Å². The number of ether oxygens (including phenoxy) is 2. The Kier molecular flexibility index (Phi) is 10.8. The first-order valence-corrected chi connectivity index (χ1v) is 19.9. The van der Waals surface area contributed by atoms with Crippen molar-refractivity contribution in [1.29, 1.82) is 0 Å². The molecule has 0 bridgehead atoms. The van der Waals surface area contributed by atoms with Crippen molar-refractivity contribution in [1.82, 2.24) is 53.8 Å². The molecule has 7 aromatic rings. The van der Waals surface area contributed by atoms with Crippen molar-refractivity contribution in [3.63, 3.8) is 0 Å². The third kappa shape index (κ3) is 7.83. The second kappa shape index (κ2) is 16.3. The zero-order valence-electron chi connectivity index (χ0n) is 31.9. The number of benzene rings is 2. The van der Waals surface area contributed by atoms with Crippen molar-refractivity contribution < 1.29 is 28.1 Å². The largest absolute Gasteiger partial charge is 0.373 e. The summed E-state index contributed by atoms with van der Waals surface area (Å²) < 4.78 is 27.0. The number of aromatic nitrogens is 10. The number of imidazole rings is 2. The van der Waals surface area contributed by atoms with E-state index in [1.807, 2.05) is 48.5 Å². The van der Waals surface area contributed by atoms with Gasteiger partial charge >= 0.3 is 0 Å². The van der Waals surface area contributed by atoms with Gasteiger partial charge in [-0.1, -0.05) is 57.8 Å².